The van der Waals surface area contributed by atoms with E-state index in [0.29, 0.717) is 16.6 Å². The van der Waals surface area contributed by atoms with E-state index in [1.54, 1.807) is 22.8 Å². The summed E-state index contributed by atoms with van der Waals surface area (Å²) >= 11 is 0. The molecule has 0 radical (unpaired) electrons. The molecule has 2 aromatic heterocycles. The Labute approximate surface area is 120 Å². The molecule has 0 spiro atoms. The molecule has 6 heteroatoms. The lowest BCUT2D eigenvalue weighted by molar-refractivity contribution is 0.102. The van der Waals surface area contributed by atoms with Crippen LogP contribution in [0.15, 0.2) is 48.8 Å². The van der Waals surface area contributed by atoms with E-state index in [1.165, 1.54) is 18.3 Å². The lowest BCUT2D eigenvalue weighted by atomic mass is 10.2. The van der Waals surface area contributed by atoms with Gasteiger partial charge in [0.1, 0.15) is 5.82 Å². The SMILES string of the molecule is NCc1ccc(NC(=O)c2cnn3ccccc23)c(F)c1. The number of pyridine rings is 1. The van der Waals surface area contributed by atoms with E-state index < -0.39 is 11.7 Å². The number of anilines is 1. The average Bonchev–Trinajstić information content (AvgIpc) is 2.93. The Bertz CT molecular complexity index is 812. The number of rotatable bonds is 3. The molecule has 0 bridgehead atoms. The fourth-order valence-electron chi connectivity index (χ4n) is 2.09. The summed E-state index contributed by atoms with van der Waals surface area (Å²) in [5, 5.41) is 6.62. The molecule has 0 saturated heterocycles. The largest absolute Gasteiger partial charge is 0.326 e. The Morgan fingerprint density at radius 3 is 2.95 bits per heavy atom. The number of benzene rings is 1. The highest BCUT2D eigenvalue weighted by Gasteiger charge is 2.14. The zero-order chi connectivity index (χ0) is 14.8. The van der Waals surface area contributed by atoms with E-state index in [9.17, 15) is 9.18 Å². The molecule has 0 aliphatic rings. The molecule has 0 aliphatic heterocycles. The molecule has 1 aromatic carbocycles. The van der Waals surface area contributed by atoms with Gasteiger partial charge in [-0.3, -0.25) is 4.79 Å². The molecule has 3 rings (SSSR count). The first kappa shape index (κ1) is 13.3. The van der Waals surface area contributed by atoms with Crippen molar-refractivity contribution in [2.24, 2.45) is 5.73 Å². The van der Waals surface area contributed by atoms with Crippen molar-refractivity contribution < 1.29 is 9.18 Å². The van der Waals surface area contributed by atoms with Gasteiger partial charge >= 0.3 is 0 Å². The van der Waals surface area contributed by atoms with Gasteiger partial charge in [0.2, 0.25) is 0 Å². The van der Waals surface area contributed by atoms with Crippen LogP contribution in [0.3, 0.4) is 0 Å². The summed E-state index contributed by atoms with van der Waals surface area (Å²) in [5.41, 5.74) is 7.28. The second-order valence-electron chi connectivity index (χ2n) is 4.56. The average molecular weight is 284 g/mol. The van der Waals surface area contributed by atoms with Gasteiger partial charge in [-0.2, -0.15) is 5.10 Å². The van der Waals surface area contributed by atoms with Gasteiger partial charge in [0, 0.05) is 12.7 Å². The third-order valence-corrected chi connectivity index (χ3v) is 3.19. The van der Waals surface area contributed by atoms with Gasteiger partial charge in [0.15, 0.2) is 0 Å². The molecule has 0 atom stereocenters. The number of nitrogens with one attached hydrogen (secondary N) is 1. The number of fused-ring (bicyclic) bond motifs is 1. The maximum Gasteiger partial charge on any atom is 0.259 e. The summed E-state index contributed by atoms with van der Waals surface area (Å²) in [6.07, 6.45) is 3.19. The van der Waals surface area contributed by atoms with Crippen LogP contribution in [0, 0.1) is 5.82 Å². The zero-order valence-corrected chi connectivity index (χ0v) is 11.1. The molecule has 1 amide bonds. The molecular formula is C15H13FN4O. The number of nitrogens with two attached hydrogens (primary N) is 1. The number of nitrogens with zero attached hydrogens (tertiary/aromatic N) is 2. The predicted molar refractivity (Wildman–Crippen MR) is 77.4 cm³/mol. The summed E-state index contributed by atoms with van der Waals surface area (Å²) in [6, 6.07) is 9.88. The summed E-state index contributed by atoms with van der Waals surface area (Å²) in [7, 11) is 0. The van der Waals surface area contributed by atoms with Crippen LogP contribution in [0.25, 0.3) is 5.52 Å². The van der Waals surface area contributed by atoms with Crippen LogP contribution in [0.4, 0.5) is 10.1 Å². The minimum absolute atomic E-state index is 0.118. The fraction of sp³-hybridized carbons (Fsp3) is 0.0667. The predicted octanol–water partition coefficient (Wildman–Crippen LogP) is 2.18. The fourth-order valence-corrected chi connectivity index (χ4v) is 2.09. The molecular weight excluding hydrogens is 271 g/mol. The van der Waals surface area contributed by atoms with Crippen molar-refractivity contribution in [1.82, 2.24) is 9.61 Å². The third-order valence-electron chi connectivity index (χ3n) is 3.19. The molecule has 3 aromatic rings. The van der Waals surface area contributed by atoms with Crippen molar-refractivity contribution in [3.05, 3.63) is 65.7 Å². The molecule has 106 valence electrons. The monoisotopic (exact) mass is 284 g/mol. The Morgan fingerprint density at radius 2 is 2.19 bits per heavy atom. The molecule has 0 aliphatic carbocycles. The van der Waals surface area contributed by atoms with Crippen molar-refractivity contribution in [2.45, 2.75) is 6.54 Å². The molecule has 0 unspecified atom stereocenters. The first-order valence-corrected chi connectivity index (χ1v) is 6.41. The van der Waals surface area contributed by atoms with Gasteiger partial charge in [-0.1, -0.05) is 12.1 Å². The number of aromatic nitrogens is 2. The molecule has 2 heterocycles. The quantitative estimate of drug-likeness (QED) is 0.774. The third kappa shape index (κ3) is 2.48. The molecule has 0 fully saturated rings. The standard InChI is InChI=1S/C15H13FN4O/c16-12-7-10(8-17)4-5-13(12)19-15(21)11-9-18-20-6-2-1-3-14(11)20/h1-7,9H,8,17H2,(H,19,21). The number of amides is 1. The van der Waals surface area contributed by atoms with E-state index >= 15 is 0 Å². The molecule has 5 nitrogen and oxygen atoms in total. The molecule has 21 heavy (non-hydrogen) atoms. The first-order chi connectivity index (χ1) is 10.2. The Kier molecular flexibility index (Phi) is 3.37. The van der Waals surface area contributed by atoms with Crippen LogP contribution in [-0.4, -0.2) is 15.5 Å². The topological polar surface area (TPSA) is 72.4 Å². The number of hydrogen-bond donors (Lipinski definition) is 2. The number of hydrogen-bond acceptors (Lipinski definition) is 3. The Balaban J connectivity index is 1.90. The molecule has 0 saturated carbocycles. The normalized spacial score (nSPS) is 10.8. The van der Waals surface area contributed by atoms with Crippen LogP contribution < -0.4 is 11.1 Å². The van der Waals surface area contributed by atoms with Crippen LogP contribution >= 0.6 is 0 Å². The van der Waals surface area contributed by atoms with E-state index in [0.717, 1.165) is 0 Å². The van der Waals surface area contributed by atoms with Crippen molar-refractivity contribution in [1.29, 1.82) is 0 Å². The van der Waals surface area contributed by atoms with Crippen LogP contribution in [0.2, 0.25) is 0 Å². The number of carbonyl (C=O) groups is 1. The number of carbonyl (C=O) groups excluding carboxylic acids is 1. The lowest BCUT2D eigenvalue weighted by Gasteiger charge is -2.07. The van der Waals surface area contributed by atoms with E-state index in [1.807, 2.05) is 12.1 Å². The highest BCUT2D eigenvalue weighted by molar-refractivity contribution is 6.08. The first-order valence-electron chi connectivity index (χ1n) is 6.41. The second kappa shape index (κ2) is 5.34. The van der Waals surface area contributed by atoms with E-state index in [-0.39, 0.29) is 12.2 Å². The Morgan fingerprint density at radius 1 is 1.33 bits per heavy atom. The van der Waals surface area contributed by atoms with Crippen LogP contribution in [-0.2, 0) is 6.54 Å². The lowest BCUT2D eigenvalue weighted by Crippen LogP contribution is -2.13. The zero-order valence-electron chi connectivity index (χ0n) is 11.1. The summed E-state index contributed by atoms with van der Waals surface area (Å²) < 4.78 is 15.4. The van der Waals surface area contributed by atoms with Crippen molar-refractivity contribution in [2.75, 3.05) is 5.32 Å². The van der Waals surface area contributed by atoms with Crippen molar-refractivity contribution in [3.8, 4) is 0 Å². The maximum absolute atomic E-state index is 13.9. The Hall–Kier alpha value is -2.73. The summed E-state index contributed by atoms with van der Waals surface area (Å²) in [4.78, 5) is 12.2. The van der Waals surface area contributed by atoms with Crippen molar-refractivity contribution in [3.63, 3.8) is 0 Å². The van der Waals surface area contributed by atoms with Crippen LogP contribution in [0.5, 0.6) is 0 Å². The maximum atomic E-state index is 13.9. The van der Waals surface area contributed by atoms with E-state index in [4.69, 9.17) is 5.73 Å². The minimum atomic E-state index is -0.511. The minimum Gasteiger partial charge on any atom is -0.326 e. The summed E-state index contributed by atoms with van der Waals surface area (Å²) in [6.45, 7) is 0.249. The van der Waals surface area contributed by atoms with Gasteiger partial charge in [0.25, 0.3) is 5.91 Å². The summed E-state index contributed by atoms with van der Waals surface area (Å²) in [5.74, 6) is -0.918. The second-order valence-corrected chi connectivity index (χ2v) is 4.56. The van der Waals surface area contributed by atoms with Gasteiger partial charge in [-0.25, -0.2) is 8.91 Å². The number of halogens is 1. The molecule has 3 N–H and O–H groups in total. The van der Waals surface area contributed by atoms with Crippen LogP contribution in [0.1, 0.15) is 15.9 Å². The highest BCUT2D eigenvalue weighted by Crippen LogP contribution is 2.18. The van der Waals surface area contributed by atoms with Gasteiger partial charge in [0.05, 0.1) is 23.0 Å². The van der Waals surface area contributed by atoms with Gasteiger partial charge in [-0.15, -0.1) is 0 Å². The smallest absolute Gasteiger partial charge is 0.259 e. The van der Waals surface area contributed by atoms with Gasteiger partial charge < -0.3 is 11.1 Å². The van der Waals surface area contributed by atoms with Gasteiger partial charge in [-0.05, 0) is 29.8 Å². The van der Waals surface area contributed by atoms with E-state index in [2.05, 4.69) is 10.4 Å². The van der Waals surface area contributed by atoms with Crippen molar-refractivity contribution >= 4 is 17.1 Å². The highest BCUT2D eigenvalue weighted by atomic mass is 19.1.